The van der Waals surface area contributed by atoms with E-state index >= 15 is 0 Å². The Morgan fingerprint density at radius 1 is 1.11 bits per heavy atom. The first-order chi connectivity index (χ1) is 12.8. The van der Waals surface area contributed by atoms with Crippen LogP contribution in [0.3, 0.4) is 0 Å². The fourth-order valence-corrected chi connectivity index (χ4v) is 2.93. The molecule has 1 aromatic carbocycles. The summed E-state index contributed by atoms with van der Waals surface area (Å²) in [5.74, 6) is 1.39. The molecule has 0 radical (unpaired) electrons. The quantitative estimate of drug-likeness (QED) is 0.858. The van der Waals surface area contributed by atoms with Crippen LogP contribution in [-0.4, -0.2) is 66.9 Å². The van der Waals surface area contributed by atoms with Gasteiger partial charge in [-0.15, -0.1) is 0 Å². The summed E-state index contributed by atoms with van der Waals surface area (Å²) in [6.45, 7) is 8.96. The minimum Gasteiger partial charge on any atom is -0.454 e. The second kappa shape index (κ2) is 8.04. The summed E-state index contributed by atoms with van der Waals surface area (Å²) in [6.07, 6.45) is -0.297. The molecule has 0 saturated carbocycles. The molecule has 27 heavy (non-hydrogen) atoms. The van der Waals surface area contributed by atoms with E-state index in [1.807, 2.05) is 43.9 Å². The third-order valence-electron chi connectivity index (χ3n) is 4.32. The standard InChI is InChI=1S/C19H27N3O5/c1-19(2,3)27-18(24)22-8-6-21(7-9-22)12-17(23)20-11-14-4-5-15-16(10-14)26-13-25-15/h4-5,10H,6-9,11-13H2,1-3H3,(H,20,23). The third-order valence-corrected chi connectivity index (χ3v) is 4.32. The highest BCUT2D eigenvalue weighted by molar-refractivity contribution is 5.78. The molecule has 3 rings (SSSR count). The predicted octanol–water partition coefficient (Wildman–Crippen LogP) is 1.58. The molecular weight excluding hydrogens is 350 g/mol. The number of hydrogen-bond acceptors (Lipinski definition) is 6. The van der Waals surface area contributed by atoms with Gasteiger partial charge in [0.1, 0.15) is 5.60 Å². The summed E-state index contributed by atoms with van der Waals surface area (Å²) in [5, 5.41) is 2.92. The van der Waals surface area contributed by atoms with Crippen molar-refractivity contribution < 1.29 is 23.8 Å². The highest BCUT2D eigenvalue weighted by Gasteiger charge is 2.26. The average molecular weight is 377 g/mol. The molecule has 0 aliphatic carbocycles. The van der Waals surface area contributed by atoms with Gasteiger partial charge in [-0.25, -0.2) is 4.79 Å². The van der Waals surface area contributed by atoms with E-state index in [-0.39, 0.29) is 18.8 Å². The van der Waals surface area contributed by atoms with Crippen molar-refractivity contribution in [3.8, 4) is 11.5 Å². The number of amides is 2. The largest absolute Gasteiger partial charge is 0.454 e. The SMILES string of the molecule is CC(C)(C)OC(=O)N1CCN(CC(=O)NCc2ccc3c(c2)OCO3)CC1. The Hall–Kier alpha value is -2.48. The number of benzene rings is 1. The van der Waals surface area contributed by atoms with Crippen LogP contribution >= 0.6 is 0 Å². The molecule has 0 aromatic heterocycles. The summed E-state index contributed by atoms with van der Waals surface area (Å²) < 4.78 is 16.0. The molecule has 2 aliphatic rings. The predicted molar refractivity (Wildman–Crippen MR) is 98.7 cm³/mol. The van der Waals surface area contributed by atoms with E-state index in [1.54, 1.807) is 4.90 Å². The fraction of sp³-hybridized carbons (Fsp3) is 0.579. The van der Waals surface area contributed by atoms with Gasteiger partial charge in [0.15, 0.2) is 11.5 Å². The Labute approximate surface area is 159 Å². The maximum Gasteiger partial charge on any atom is 0.410 e. The fourth-order valence-electron chi connectivity index (χ4n) is 2.93. The molecular formula is C19H27N3O5. The van der Waals surface area contributed by atoms with Crippen LogP contribution in [-0.2, 0) is 16.1 Å². The zero-order valence-corrected chi connectivity index (χ0v) is 16.1. The van der Waals surface area contributed by atoms with E-state index < -0.39 is 5.60 Å². The van der Waals surface area contributed by atoms with E-state index in [0.29, 0.717) is 45.0 Å². The van der Waals surface area contributed by atoms with Crippen molar-refractivity contribution in [2.45, 2.75) is 32.9 Å². The number of ether oxygens (including phenoxy) is 3. The molecule has 1 aromatic rings. The van der Waals surface area contributed by atoms with Crippen molar-refractivity contribution in [2.75, 3.05) is 39.5 Å². The summed E-state index contributed by atoms with van der Waals surface area (Å²) in [6, 6.07) is 5.63. The zero-order valence-electron chi connectivity index (χ0n) is 16.1. The third kappa shape index (κ3) is 5.50. The van der Waals surface area contributed by atoms with E-state index in [9.17, 15) is 9.59 Å². The first-order valence-corrected chi connectivity index (χ1v) is 9.16. The van der Waals surface area contributed by atoms with E-state index in [0.717, 1.165) is 11.3 Å². The van der Waals surface area contributed by atoms with Crippen LogP contribution in [0, 0.1) is 0 Å². The highest BCUT2D eigenvalue weighted by Crippen LogP contribution is 2.32. The molecule has 0 bridgehead atoms. The normalized spacial score (nSPS) is 16.9. The van der Waals surface area contributed by atoms with Gasteiger partial charge in [-0.2, -0.15) is 0 Å². The molecule has 0 atom stereocenters. The van der Waals surface area contributed by atoms with Crippen LogP contribution in [0.5, 0.6) is 11.5 Å². The molecule has 1 saturated heterocycles. The monoisotopic (exact) mass is 377 g/mol. The second-order valence-electron chi connectivity index (χ2n) is 7.71. The number of fused-ring (bicyclic) bond motifs is 1. The van der Waals surface area contributed by atoms with Crippen LogP contribution in [0.1, 0.15) is 26.3 Å². The molecule has 2 amide bonds. The van der Waals surface area contributed by atoms with Gasteiger partial charge >= 0.3 is 6.09 Å². The van der Waals surface area contributed by atoms with E-state index in [2.05, 4.69) is 5.32 Å². The maximum atomic E-state index is 12.2. The van der Waals surface area contributed by atoms with Crippen LogP contribution in [0.2, 0.25) is 0 Å². The number of nitrogens with one attached hydrogen (secondary N) is 1. The number of piperazine rings is 1. The average Bonchev–Trinajstić information content (AvgIpc) is 3.07. The molecule has 2 aliphatic heterocycles. The van der Waals surface area contributed by atoms with Crippen LogP contribution in [0.4, 0.5) is 4.79 Å². The lowest BCUT2D eigenvalue weighted by Gasteiger charge is -2.35. The van der Waals surface area contributed by atoms with Crippen molar-refractivity contribution in [3.05, 3.63) is 23.8 Å². The van der Waals surface area contributed by atoms with E-state index in [1.165, 1.54) is 0 Å². The zero-order chi connectivity index (χ0) is 19.4. The van der Waals surface area contributed by atoms with Gasteiger partial charge < -0.3 is 24.4 Å². The summed E-state index contributed by atoms with van der Waals surface area (Å²) in [5.41, 5.74) is 0.463. The highest BCUT2D eigenvalue weighted by atomic mass is 16.7. The lowest BCUT2D eigenvalue weighted by molar-refractivity contribution is -0.122. The number of nitrogens with zero attached hydrogens (tertiary/aromatic N) is 2. The Balaban J connectivity index is 1.39. The van der Waals surface area contributed by atoms with Crippen molar-refractivity contribution in [1.82, 2.24) is 15.1 Å². The van der Waals surface area contributed by atoms with Gasteiger partial charge in [-0.3, -0.25) is 9.69 Å². The van der Waals surface area contributed by atoms with Gasteiger partial charge in [0.25, 0.3) is 0 Å². The molecule has 1 fully saturated rings. The molecule has 2 heterocycles. The molecule has 0 spiro atoms. The van der Waals surface area contributed by atoms with Crippen molar-refractivity contribution in [1.29, 1.82) is 0 Å². The number of hydrogen-bond donors (Lipinski definition) is 1. The molecule has 1 N–H and O–H groups in total. The Kier molecular flexibility index (Phi) is 5.74. The van der Waals surface area contributed by atoms with Gasteiger partial charge in [0.2, 0.25) is 12.7 Å². The number of rotatable bonds is 4. The lowest BCUT2D eigenvalue weighted by atomic mass is 10.2. The van der Waals surface area contributed by atoms with E-state index in [4.69, 9.17) is 14.2 Å². The lowest BCUT2D eigenvalue weighted by Crippen LogP contribution is -2.52. The summed E-state index contributed by atoms with van der Waals surface area (Å²) in [7, 11) is 0. The van der Waals surface area contributed by atoms with Gasteiger partial charge in [0.05, 0.1) is 6.54 Å². The number of carbonyl (C=O) groups excluding carboxylic acids is 2. The smallest absolute Gasteiger partial charge is 0.410 e. The van der Waals surface area contributed by atoms with Crippen LogP contribution < -0.4 is 14.8 Å². The minimum absolute atomic E-state index is 0.0432. The van der Waals surface area contributed by atoms with Crippen LogP contribution in [0.15, 0.2) is 18.2 Å². The second-order valence-corrected chi connectivity index (χ2v) is 7.71. The first-order valence-electron chi connectivity index (χ1n) is 9.16. The van der Waals surface area contributed by atoms with Gasteiger partial charge in [-0.1, -0.05) is 6.07 Å². The topological polar surface area (TPSA) is 80.3 Å². The van der Waals surface area contributed by atoms with Crippen molar-refractivity contribution in [3.63, 3.8) is 0 Å². The Morgan fingerprint density at radius 3 is 2.52 bits per heavy atom. The summed E-state index contributed by atoms with van der Waals surface area (Å²) >= 11 is 0. The Bertz CT molecular complexity index is 693. The molecule has 0 unspecified atom stereocenters. The summed E-state index contributed by atoms with van der Waals surface area (Å²) in [4.78, 5) is 28.0. The molecule has 148 valence electrons. The minimum atomic E-state index is -0.497. The van der Waals surface area contributed by atoms with Crippen molar-refractivity contribution in [2.24, 2.45) is 0 Å². The first kappa shape index (κ1) is 19.3. The molecule has 8 heteroatoms. The van der Waals surface area contributed by atoms with Gasteiger partial charge in [0, 0.05) is 32.7 Å². The van der Waals surface area contributed by atoms with Crippen molar-refractivity contribution >= 4 is 12.0 Å². The van der Waals surface area contributed by atoms with Crippen LogP contribution in [0.25, 0.3) is 0 Å². The Morgan fingerprint density at radius 2 is 1.81 bits per heavy atom. The number of carbonyl (C=O) groups is 2. The maximum absolute atomic E-state index is 12.2. The molecule has 8 nitrogen and oxygen atoms in total. The van der Waals surface area contributed by atoms with Gasteiger partial charge in [-0.05, 0) is 38.5 Å².